The third kappa shape index (κ3) is 3.04. The Kier molecular flexibility index (Phi) is 3.96. The van der Waals surface area contributed by atoms with Crippen LogP contribution in [0.2, 0.25) is 0 Å². The van der Waals surface area contributed by atoms with Crippen LogP contribution in [0.25, 0.3) is 0 Å². The number of rotatable bonds is 4. The van der Waals surface area contributed by atoms with Gasteiger partial charge in [-0.3, -0.25) is 0 Å². The first-order valence-electron chi connectivity index (χ1n) is 4.95. The Morgan fingerprint density at radius 1 is 1.43 bits per heavy atom. The van der Waals surface area contributed by atoms with Crippen LogP contribution < -0.4 is 4.74 Å². The molecule has 1 rings (SSSR count). The molecule has 78 valence electrons. The van der Waals surface area contributed by atoms with E-state index >= 15 is 0 Å². The topological polar surface area (TPSA) is 29.5 Å². The minimum Gasteiger partial charge on any atom is -0.496 e. The van der Waals surface area contributed by atoms with Gasteiger partial charge in [0.25, 0.3) is 0 Å². The maximum atomic E-state index is 9.19. The van der Waals surface area contributed by atoms with Gasteiger partial charge in [-0.1, -0.05) is 12.1 Å². The van der Waals surface area contributed by atoms with Crippen LogP contribution in [-0.2, 0) is 6.42 Å². The van der Waals surface area contributed by atoms with Gasteiger partial charge in [-0.05, 0) is 43.9 Å². The van der Waals surface area contributed by atoms with Crippen molar-refractivity contribution in [3.63, 3.8) is 0 Å². The second-order valence-corrected chi connectivity index (χ2v) is 3.70. The van der Waals surface area contributed by atoms with Gasteiger partial charge in [0.1, 0.15) is 5.75 Å². The largest absolute Gasteiger partial charge is 0.496 e. The fourth-order valence-corrected chi connectivity index (χ4v) is 1.42. The number of benzene rings is 1. The van der Waals surface area contributed by atoms with Crippen molar-refractivity contribution in [2.75, 3.05) is 7.11 Å². The summed E-state index contributed by atoms with van der Waals surface area (Å²) in [6.07, 6.45) is 1.39. The van der Waals surface area contributed by atoms with Gasteiger partial charge in [-0.25, -0.2) is 0 Å². The zero-order valence-electron chi connectivity index (χ0n) is 9.08. The van der Waals surface area contributed by atoms with Crippen molar-refractivity contribution in [3.8, 4) is 5.75 Å². The van der Waals surface area contributed by atoms with Crippen LogP contribution in [0.3, 0.4) is 0 Å². The third-order valence-electron chi connectivity index (χ3n) is 2.27. The SMILES string of the molecule is COc1cc(C)ccc1CC[C@@H](C)O. The van der Waals surface area contributed by atoms with Gasteiger partial charge in [0.15, 0.2) is 0 Å². The van der Waals surface area contributed by atoms with Crippen LogP contribution >= 0.6 is 0 Å². The zero-order valence-corrected chi connectivity index (χ0v) is 9.08. The quantitative estimate of drug-likeness (QED) is 0.797. The lowest BCUT2D eigenvalue weighted by Crippen LogP contribution is -2.02. The highest BCUT2D eigenvalue weighted by atomic mass is 16.5. The summed E-state index contributed by atoms with van der Waals surface area (Å²) in [5.41, 5.74) is 2.36. The lowest BCUT2D eigenvalue weighted by molar-refractivity contribution is 0.184. The molecule has 0 saturated carbocycles. The third-order valence-corrected chi connectivity index (χ3v) is 2.27. The van der Waals surface area contributed by atoms with Crippen molar-refractivity contribution in [3.05, 3.63) is 29.3 Å². The molecule has 0 spiro atoms. The van der Waals surface area contributed by atoms with Gasteiger partial charge < -0.3 is 9.84 Å². The molecule has 0 aromatic heterocycles. The molecule has 1 N–H and O–H groups in total. The maximum Gasteiger partial charge on any atom is 0.122 e. The molecule has 1 atom stereocenters. The number of aliphatic hydroxyl groups is 1. The van der Waals surface area contributed by atoms with Gasteiger partial charge >= 0.3 is 0 Å². The molecule has 0 heterocycles. The fourth-order valence-electron chi connectivity index (χ4n) is 1.42. The highest BCUT2D eigenvalue weighted by molar-refractivity contribution is 5.37. The Hall–Kier alpha value is -1.02. The molecule has 0 unspecified atom stereocenters. The molecule has 0 bridgehead atoms. The fraction of sp³-hybridized carbons (Fsp3) is 0.500. The van der Waals surface area contributed by atoms with E-state index in [0.29, 0.717) is 0 Å². The summed E-state index contributed by atoms with van der Waals surface area (Å²) in [7, 11) is 1.68. The molecule has 0 amide bonds. The van der Waals surface area contributed by atoms with E-state index in [-0.39, 0.29) is 6.10 Å². The van der Waals surface area contributed by atoms with E-state index in [2.05, 4.69) is 12.1 Å². The number of hydrogen-bond acceptors (Lipinski definition) is 2. The summed E-state index contributed by atoms with van der Waals surface area (Å²) in [6, 6.07) is 6.16. The lowest BCUT2D eigenvalue weighted by Gasteiger charge is -2.10. The number of aliphatic hydroxyl groups excluding tert-OH is 1. The number of ether oxygens (including phenoxy) is 1. The Bertz CT molecular complexity index is 292. The Labute approximate surface area is 85.5 Å². The molecule has 0 aliphatic carbocycles. The Balaban J connectivity index is 2.75. The average molecular weight is 194 g/mol. The molecule has 0 radical (unpaired) electrons. The molecule has 0 saturated heterocycles. The van der Waals surface area contributed by atoms with Gasteiger partial charge in [0.05, 0.1) is 13.2 Å². The smallest absolute Gasteiger partial charge is 0.122 e. The predicted molar refractivity (Wildman–Crippen MR) is 57.7 cm³/mol. The van der Waals surface area contributed by atoms with Crippen LogP contribution in [0.15, 0.2) is 18.2 Å². The molecule has 0 aliphatic heterocycles. The first-order chi connectivity index (χ1) is 6.63. The summed E-state index contributed by atoms with van der Waals surface area (Å²) in [6.45, 7) is 3.85. The maximum absolute atomic E-state index is 9.19. The normalized spacial score (nSPS) is 12.6. The van der Waals surface area contributed by atoms with Crippen LogP contribution in [0.4, 0.5) is 0 Å². The molecule has 1 aromatic carbocycles. The molecule has 0 aliphatic rings. The molecular formula is C12H18O2. The van der Waals surface area contributed by atoms with E-state index in [0.717, 1.165) is 18.6 Å². The first-order valence-corrected chi connectivity index (χ1v) is 4.95. The molecule has 14 heavy (non-hydrogen) atoms. The van der Waals surface area contributed by atoms with Crippen molar-refractivity contribution in [2.24, 2.45) is 0 Å². The minimum absolute atomic E-state index is 0.249. The number of hydrogen-bond donors (Lipinski definition) is 1. The van der Waals surface area contributed by atoms with E-state index in [1.165, 1.54) is 11.1 Å². The monoisotopic (exact) mass is 194 g/mol. The van der Waals surface area contributed by atoms with Gasteiger partial charge in [0.2, 0.25) is 0 Å². The van der Waals surface area contributed by atoms with Crippen molar-refractivity contribution >= 4 is 0 Å². The molecule has 2 heteroatoms. The Morgan fingerprint density at radius 2 is 2.14 bits per heavy atom. The predicted octanol–water partition coefficient (Wildman–Crippen LogP) is 2.32. The first kappa shape index (κ1) is 11.1. The van der Waals surface area contributed by atoms with Crippen molar-refractivity contribution in [1.82, 2.24) is 0 Å². The van der Waals surface area contributed by atoms with Crippen molar-refractivity contribution in [1.29, 1.82) is 0 Å². The molecule has 2 nitrogen and oxygen atoms in total. The number of methoxy groups -OCH3 is 1. The van der Waals surface area contributed by atoms with Crippen molar-refractivity contribution < 1.29 is 9.84 Å². The van der Waals surface area contributed by atoms with E-state index in [4.69, 9.17) is 4.74 Å². The highest BCUT2D eigenvalue weighted by Gasteiger charge is 2.04. The second-order valence-electron chi connectivity index (χ2n) is 3.70. The van der Waals surface area contributed by atoms with Crippen LogP contribution in [0.5, 0.6) is 5.75 Å². The van der Waals surface area contributed by atoms with Crippen molar-refractivity contribution in [2.45, 2.75) is 32.8 Å². The summed E-state index contributed by atoms with van der Waals surface area (Å²) in [5, 5.41) is 9.19. The highest BCUT2D eigenvalue weighted by Crippen LogP contribution is 2.21. The molecule has 0 fully saturated rings. The minimum atomic E-state index is -0.249. The van der Waals surface area contributed by atoms with E-state index in [1.807, 2.05) is 13.0 Å². The van der Waals surface area contributed by atoms with Gasteiger partial charge in [0, 0.05) is 0 Å². The molecule has 1 aromatic rings. The second kappa shape index (κ2) is 5.01. The van der Waals surface area contributed by atoms with E-state index < -0.39 is 0 Å². The van der Waals surface area contributed by atoms with Crippen LogP contribution in [-0.4, -0.2) is 18.3 Å². The van der Waals surface area contributed by atoms with Gasteiger partial charge in [-0.15, -0.1) is 0 Å². The Morgan fingerprint density at radius 3 is 2.71 bits per heavy atom. The zero-order chi connectivity index (χ0) is 10.6. The number of aryl methyl sites for hydroxylation is 2. The standard InChI is InChI=1S/C12H18O2/c1-9-4-6-11(7-5-10(2)13)12(8-9)14-3/h4,6,8,10,13H,5,7H2,1-3H3/t10-/m1/s1. The summed E-state index contributed by atoms with van der Waals surface area (Å²) >= 11 is 0. The summed E-state index contributed by atoms with van der Waals surface area (Å²) in [5.74, 6) is 0.922. The summed E-state index contributed by atoms with van der Waals surface area (Å²) < 4.78 is 5.28. The van der Waals surface area contributed by atoms with E-state index in [9.17, 15) is 5.11 Å². The average Bonchev–Trinajstić information content (AvgIpc) is 2.15. The molecular weight excluding hydrogens is 176 g/mol. The van der Waals surface area contributed by atoms with Crippen LogP contribution in [0, 0.1) is 6.92 Å². The van der Waals surface area contributed by atoms with Crippen LogP contribution in [0.1, 0.15) is 24.5 Å². The lowest BCUT2D eigenvalue weighted by atomic mass is 10.0. The summed E-state index contributed by atoms with van der Waals surface area (Å²) in [4.78, 5) is 0. The van der Waals surface area contributed by atoms with Gasteiger partial charge in [-0.2, -0.15) is 0 Å². The van der Waals surface area contributed by atoms with E-state index in [1.54, 1.807) is 14.0 Å².